The Morgan fingerprint density at radius 2 is 2.00 bits per heavy atom. The zero-order chi connectivity index (χ0) is 14.5. The van der Waals surface area contributed by atoms with Gasteiger partial charge in [-0.1, -0.05) is 12.1 Å². The predicted molar refractivity (Wildman–Crippen MR) is 78.0 cm³/mol. The fourth-order valence-corrected chi connectivity index (χ4v) is 2.73. The van der Waals surface area contributed by atoms with Crippen LogP contribution in [0.4, 0.5) is 4.39 Å². The Bertz CT molecular complexity index is 456. The highest BCUT2D eigenvalue weighted by atomic mass is 19.1. The number of piperazine rings is 1. The number of benzene rings is 1. The van der Waals surface area contributed by atoms with Crippen molar-refractivity contribution in [3.8, 4) is 0 Å². The van der Waals surface area contributed by atoms with E-state index in [0.717, 1.165) is 44.6 Å². The number of carbonyl (C=O) groups is 1. The molecule has 1 aliphatic heterocycles. The maximum atomic E-state index is 13.1. The molecule has 0 spiro atoms. The van der Waals surface area contributed by atoms with E-state index in [1.165, 1.54) is 6.07 Å². The summed E-state index contributed by atoms with van der Waals surface area (Å²) in [5, 5.41) is 0. The van der Waals surface area contributed by atoms with Crippen molar-refractivity contribution in [2.75, 3.05) is 26.2 Å². The maximum absolute atomic E-state index is 13.1. The van der Waals surface area contributed by atoms with Crippen molar-refractivity contribution in [1.82, 2.24) is 9.80 Å². The second kappa shape index (κ2) is 6.84. The Morgan fingerprint density at radius 3 is 2.60 bits per heavy atom. The van der Waals surface area contributed by atoms with E-state index in [-0.39, 0.29) is 11.7 Å². The summed E-state index contributed by atoms with van der Waals surface area (Å²) in [5.41, 5.74) is 1.05. The van der Waals surface area contributed by atoms with Gasteiger partial charge in [-0.25, -0.2) is 4.39 Å². The number of aryl methyl sites for hydroxylation is 1. The normalized spacial score (nSPS) is 18.1. The van der Waals surface area contributed by atoms with Crippen LogP contribution < -0.4 is 0 Å². The topological polar surface area (TPSA) is 23.6 Å². The second-order valence-corrected chi connectivity index (χ2v) is 5.56. The van der Waals surface area contributed by atoms with Crippen molar-refractivity contribution in [2.24, 2.45) is 0 Å². The zero-order valence-electron chi connectivity index (χ0n) is 12.3. The van der Waals surface area contributed by atoms with E-state index in [9.17, 15) is 9.18 Å². The third-order valence-electron chi connectivity index (χ3n) is 4.12. The monoisotopic (exact) mass is 278 g/mol. The van der Waals surface area contributed by atoms with E-state index in [4.69, 9.17) is 0 Å². The average molecular weight is 278 g/mol. The smallest absolute Gasteiger partial charge is 0.219 e. The highest BCUT2D eigenvalue weighted by Crippen LogP contribution is 2.13. The molecule has 1 aromatic carbocycles. The Kier molecular flexibility index (Phi) is 5.12. The molecule has 2 rings (SSSR count). The fourth-order valence-electron chi connectivity index (χ4n) is 2.73. The third kappa shape index (κ3) is 4.04. The largest absolute Gasteiger partial charge is 0.340 e. The van der Waals surface area contributed by atoms with Gasteiger partial charge in [-0.3, -0.25) is 9.69 Å². The summed E-state index contributed by atoms with van der Waals surface area (Å²) < 4.78 is 13.1. The zero-order valence-corrected chi connectivity index (χ0v) is 12.3. The minimum absolute atomic E-state index is 0.162. The summed E-state index contributed by atoms with van der Waals surface area (Å²) >= 11 is 0. The molecule has 1 aromatic rings. The lowest BCUT2D eigenvalue weighted by atomic mass is 10.0. The summed E-state index contributed by atoms with van der Waals surface area (Å²) in [6.07, 6.45) is 1.91. The van der Waals surface area contributed by atoms with Crippen LogP contribution in [0.25, 0.3) is 0 Å². The second-order valence-electron chi connectivity index (χ2n) is 5.56. The lowest BCUT2D eigenvalue weighted by Crippen LogP contribution is -2.50. The van der Waals surface area contributed by atoms with E-state index in [1.54, 1.807) is 19.1 Å². The van der Waals surface area contributed by atoms with E-state index in [0.29, 0.717) is 6.04 Å². The minimum atomic E-state index is -0.162. The summed E-state index contributed by atoms with van der Waals surface area (Å²) in [4.78, 5) is 15.6. The van der Waals surface area contributed by atoms with Gasteiger partial charge >= 0.3 is 0 Å². The van der Waals surface area contributed by atoms with Crippen molar-refractivity contribution >= 4 is 5.91 Å². The number of rotatable bonds is 4. The van der Waals surface area contributed by atoms with Crippen LogP contribution in [0.5, 0.6) is 0 Å². The molecule has 1 saturated heterocycles. The summed E-state index contributed by atoms with van der Waals surface area (Å²) in [6.45, 7) is 7.35. The number of hydrogen-bond donors (Lipinski definition) is 0. The molecule has 0 aromatic heterocycles. The summed E-state index contributed by atoms with van der Waals surface area (Å²) in [5.74, 6) is 0.00212. The van der Waals surface area contributed by atoms with Gasteiger partial charge in [0.05, 0.1) is 0 Å². The van der Waals surface area contributed by atoms with E-state index < -0.39 is 0 Å². The number of halogens is 1. The number of amides is 1. The van der Waals surface area contributed by atoms with Crippen molar-refractivity contribution in [3.63, 3.8) is 0 Å². The van der Waals surface area contributed by atoms with Gasteiger partial charge in [-0.05, 0) is 37.5 Å². The molecular formula is C16H23FN2O. The molecule has 110 valence electrons. The molecule has 0 saturated carbocycles. The van der Waals surface area contributed by atoms with Crippen LogP contribution in [0.2, 0.25) is 0 Å². The molecule has 0 radical (unpaired) electrons. The van der Waals surface area contributed by atoms with Crippen LogP contribution in [-0.2, 0) is 11.2 Å². The van der Waals surface area contributed by atoms with Crippen LogP contribution >= 0.6 is 0 Å². The molecule has 0 unspecified atom stereocenters. The standard InChI is InChI=1S/C16H23FN2O/c1-13(6-7-15-4-3-5-16(17)12-15)18-8-10-19(11-9-18)14(2)20/h3-5,12-13H,6-11H2,1-2H3/t13-/m0/s1. The SMILES string of the molecule is CC(=O)N1CCN([C@@H](C)CCc2cccc(F)c2)CC1. The highest BCUT2D eigenvalue weighted by Gasteiger charge is 2.21. The van der Waals surface area contributed by atoms with Gasteiger partial charge in [0.2, 0.25) is 5.91 Å². The predicted octanol–water partition coefficient (Wildman–Crippen LogP) is 2.31. The lowest BCUT2D eigenvalue weighted by Gasteiger charge is -2.37. The molecule has 1 heterocycles. The van der Waals surface area contributed by atoms with Gasteiger partial charge in [-0.2, -0.15) is 0 Å². The van der Waals surface area contributed by atoms with Gasteiger partial charge in [0.25, 0.3) is 0 Å². The maximum Gasteiger partial charge on any atom is 0.219 e. The van der Waals surface area contributed by atoms with Crippen LogP contribution in [0.1, 0.15) is 25.8 Å². The molecule has 3 nitrogen and oxygen atoms in total. The summed E-state index contributed by atoms with van der Waals surface area (Å²) in [6, 6.07) is 7.30. The van der Waals surface area contributed by atoms with Gasteiger partial charge in [0.1, 0.15) is 5.82 Å². The van der Waals surface area contributed by atoms with Crippen molar-refractivity contribution in [2.45, 2.75) is 32.7 Å². The average Bonchev–Trinajstić information content (AvgIpc) is 2.45. The number of carbonyl (C=O) groups excluding carboxylic acids is 1. The molecule has 0 bridgehead atoms. The van der Waals surface area contributed by atoms with Gasteiger partial charge in [0.15, 0.2) is 0 Å². The van der Waals surface area contributed by atoms with Crippen molar-refractivity contribution < 1.29 is 9.18 Å². The molecule has 0 aliphatic carbocycles. The first kappa shape index (κ1) is 15.0. The van der Waals surface area contributed by atoms with Crippen molar-refractivity contribution in [3.05, 3.63) is 35.6 Å². The first-order valence-corrected chi connectivity index (χ1v) is 7.30. The number of hydrogen-bond acceptors (Lipinski definition) is 2. The molecule has 1 fully saturated rings. The van der Waals surface area contributed by atoms with Crippen LogP contribution in [0.3, 0.4) is 0 Å². The van der Waals surface area contributed by atoms with E-state index in [2.05, 4.69) is 11.8 Å². The van der Waals surface area contributed by atoms with Gasteiger partial charge < -0.3 is 4.90 Å². The van der Waals surface area contributed by atoms with E-state index >= 15 is 0 Å². The van der Waals surface area contributed by atoms with Crippen molar-refractivity contribution in [1.29, 1.82) is 0 Å². The molecule has 4 heteroatoms. The Labute approximate surface area is 120 Å². The van der Waals surface area contributed by atoms with Crippen LogP contribution in [0.15, 0.2) is 24.3 Å². The molecule has 20 heavy (non-hydrogen) atoms. The molecule has 1 aliphatic rings. The first-order valence-electron chi connectivity index (χ1n) is 7.30. The Hall–Kier alpha value is -1.42. The Morgan fingerprint density at radius 1 is 1.30 bits per heavy atom. The lowest BCUT2D eigenvalue weighted by molar-refractivity contribution is -0.130. The quantitative estimate of drug-likeness (QED) is 0.844. The van der Waals surface area contributed by atoms with Crippen LogP contribution in [-0.4, -0.2) is 47.9 Å². The fraction of sp³-hybridized carbons (Fsp3) is 0.562. The molecule has 1 atom stereocenters. The molecular weight excluding hydrogens is 255 g/mol. The summed E-state index contributed by atoms with van der Waals surface area (Å²) in [7, 11) is 0. The first-order chi connectivity index (χ1) is 9.56. The van der Waals surface area contributed by atoms with Gasteiger partial charge in [-0.15, -0.1) is 0 Å². The Balaban J connectivity index is 1.78. The molecule has 1 amide bonds. The number of nitrogens with zero attached hydrogens (tertiary/aromatic N) is 2. The highest BCUT2D eigenvalue weighted by molar-refractivity contribution is 5.73. The third-order valence-corrected chi connectivity index (χ3v) is 4.12. The van der Waals surface area contributed by atoms with E-state index in [1.807, 2.05) is 11.0 Å². The molecule has 0 N–H and O–H groups in total. The van der Waals surface area contributed by atoms with Crippen LogP contribution in [0, 0.1) is 5.82 Å². The van der Waals surface area contributed by atoms with Gasteiger partial charge in [0, 0.05) is 39.1 Å². The minimum Gasteiger partial charge on any atom is -0.340 e.